The quantitative estimate of drug-likeness (QED) is 0.108. The van der Waals surface area contributed by atoms with Crippen LogP contribution in [0.15, 0.2) is 303 Å². The van der Waals surface area contributed by atoms with Gasteiger partial charge in [0.15, 0.2) is 23.3 Å². The van der Waals surface area contributed by atoms with E-state index in [4.69, 9.17) is 41.3 Å². The molecule has 2 aliphatic rings. The van der Waals surface area contributed by atoms with Gasteiger partial charge in [-0.15, -0.1) is 0 Å². The molecule has 0 radical (unpaired) electrons. The average Bonchev–Trinajstić information content (AvgIpc) is 1.58. The molecule has 0 spiro atoms. The molecule has 105 heavy (non-hydrogen) atoms. The maximum absolute atomic E-state index is 5.99. The Hall–Kier alpha value is -12.2. The molecule has 1 aliphatic heterocycles. The predicted molar refractivity (Wildman–Crippen MR) is 422 cm³/mol. The number of hydrogen-bond donors (Lipinski definition) is 0. The maximum Gasteiger partial charge on any atom is 1.00 e. The van der Waals surface area contributed by atoms with Gasteiger partial charge in [-0.1, -0.05) is 238 Å². The van der Waals surface area contributed by atoms with Gasteiger partial charge in [-0.05, 0) is 132 Å². The molecule has 8 heterocycles. The van der Waals surface area contributed by atoms with E-state index in [2.05, 4.69) is 221 Å². The molecule has 0 saturated carbocycles. The number of hydrogen-bond acceptors (Lipinski definition) is 9. The average molecular weight is 1380 g/mol. The second-order valence-corrected chi connectivity index (χ2v) is 25.9. The molecule has 21 rings (SSSR count). The fourth-order valence-electron chi connectivity index (χ4n) is 14.0. The smallest absolute Gasteiger partial charge is 0.381 e. The molecule has 0 bridgehead atoms. The van der Waals surface area contributed by atoms with Crippen molar-refractivity contribution in [2.45, 2.75) is 39.0 Å². The van der Waals surface area contributed by atoms with Gasteiger partial charge in [-0.2, -0.15) is 26.4 Å². The summed E-state index contributed by atoms with van der Waals surface area (Å²) >= 11 is 5.99. The fourth-order valence-corrected chi connectivity index (χ4v) is 14.1. The molecule has 0 N–H and O–H groups in total. The number of imidazole rings is 4. The molecule has 1 saturated heterocycles. The maximum atomic E-state index is 5.99. The van der Waals surface area contributed by atoms with Gasteiger partial charge < -0.3 is 11.7 Å². The molecule has 19 aromatic rings. The summed E-state index contributed by atoms with van der Waals surface area (Å²) in [6.07, 6.45) is 5.82. The minimum atomic E-state index is 0. The van der Waals surface area contributed by atoms with Gasteiger partial charge in [-0.25, -0.2) is 19.9 Å². The first-order valence-corrected chi connectivity index (χ1v) is 35.6. The zero-order valence-corrected chi connectivity index (χ0v) is 58.9. The second kappa shape index (κ2) is 30.0. The van der Waals surface area contributed by atoms with E-state index in [1.165, 1.54) is 52.5 Å². The molecule has 7 aromatic heterocycles. The Labute approximate surface area is 623 Å². The van der Waals surface area contributed by atoms with Crippen LogP contribution in [0.4, 0.5) is 0 Å². The summed E-state index contributed by atoms with van der Waals surface area (Å²) < 4.78 is 16.2. The van der Waals surface area contributed by atoms with Gasteiger partial charge in [0.2, 0.25) is 22.8 Å². The van der Waals surface area contributed by atoms with E-state index < -0.39 is 0 Å². The van der Waals surface area contributed by atoms with Crippen LogP contribution in [-0.4, -0.2) is 75.6 Å². The SMILES string of the molecule is C1CCOC1.Clc1nc(-c2ccccc2)nc(-c2ccccc2)n1.[CH2-]CCC.[Li+].c1ccc(-c2nc(-c3ccccc3)nc(-n3c4ccccc4c4cc5c(cc43)n(-c3ccccc3)c3nc4ccccc4n53)n2)cc1.c1ccc(-n2c3cc4c(cc3n3c5ccccc5nc23)-c2ccccc2C4)cc1. The van der Waals surface area contributed by atoms with Gasteiger partial charge in [0, 0.05) is 57.6 Å². The van der Waals surface area contributed by atoms with Crippen molar-refractivity contribution in [3.8, 4) is 74.0 Å². The number of aromatic nitrogens is 13. The summed E-state index contributed by atoms with van der Waals surface area (Å²) in [5.41, 5.74) is 22.2. The molecule has 14 nitrogen and oxygen atoms in total. The van der Waals surface area contributed by atoms with Crippen molar-refractivity contribution in [2.75, 3.05) is 13.2 Å². The number of benzene rings is 12. The van der Waals surface area contributed by atoms with Crippen molar-refractivity contribution in [1.29, 1.82) is 0 Å². The number of ether oxygens (including phenoxy) is 1. The molecule has 12 aromatic carbocycles. The number of nitrogens with zero attached hydrogens (tertiary/aromatic N) is 13. The zero-order chi connectivity index (χ0) is 69.9. The van der Waals surface area contributed by atoms with E-state index in [0.717, 1.165) is 126 Å². The summed E-state index contributed by atoms with van der Waals surface area (Å²) in [7, 11) is 0. The molecule has 0 unspecified atom stereocenters. The van der Waals surface area contributed by atoms with Gasteiger partial charge in [0.05, 0.1) is 55.2 Å². The zero-order valence-electron chi connectivity index (χ0n) is 58.1. The van der Waals surface area contributed by atoms with Crippen LogP contribution in [-0.2, 0) is 11.2 Å². The van der Waals surface area contributed by atoms with Crippen molar-refractivity contribution in [2.24, 2.45) is 0 Å². The van der Waals surface area contributed by atoms with Crippen LogP contribution in [0.5, 0.6) is 0 Å². The van der Waals surface area contributed by atoms with Crippen LogP contribution >= 0.6 is 11.6 Å². The van der Waals surface area contributed by atoms with Crippen LogP contribution in [0.1, 0.15) is 43.7 Å². The molecule has 0 amide bonds. The predicted octanol–water partition coefficient (Wildman–Crippen LogP) is 18.3. The molecule has 1 fully saturated rings. The summed E-state index contributed by atoms with van der Waals surface area (Å²) in [6, 6.07) is 104. The third kappa shape index (κ3) is 13.1. The fraction of sp³-hybridized carbons (Fsp3) is 0.0899. The second-order valence-electron chi connectivity index (χ2n) is 25.5. The first-order valence-electron chi connectivity index (χ1n) is 35.2. The van der Waals surface area contributed by atoms with Crippen LogP contribution < -0.4 is 18.9 Å². The van der Waals surface area contributed by atoms with Crippen molar-refractivity contribution < 1.29 is 23.6 Å². The number of halogens is 1. The summed E-state index contributed by atoms with van der Waals surface area (Å²) in [5.74, 6) is 4.81. The first-order chi connectivity index (χ1) is 51.4. The number of rotatable bonds is 8. The largest absolute Gasteiger partial charge is 1.00 e. The van der Waals surface area contributed by atoms with Gasteiger partial charge in [0.25, 0.3) is 0 Å². The van der Waals surface area contributed by atoms with E-state index in [0.29, 0.717) is 29.2 Å². The van der Waals surface area contributed by atoms with Gasteiger partial charge in [-0.3, -0.25) is 22.5 Å². The van der Waals surface area contributed by atoms with Gasteiger partial charge in [0.1, 0.15) is 0 Å². The topological polar surface area (TPSA) is 136 Å². The van der Waals surface area contributed by atoms with E-state index in [-0.39, 0.29) is 24.1 Å². The Kier molecular flexibility index (Phi) is 19.3. The summed E-state index contributed by atoms with van der Waals surface area (Å²) in [4.78, 5) is 38.1. The third-order valence-corrected chi connectivity index (χ3v) is 19.0. The number of para-hydroxylation sites is 7. The Morgan fingerprint density at radius 1 is 0.352 bits per heavy atom. The van der Waals surface area contributed by atoms with Crippen LogP contribution in [0.2, 0.25) is 5.28 Å². The van der Waals surface area contributed by atoms with E-state index in [1.54, 1.807) is 0 Å². The molecule has 16 heteroatoms. The molecule has 0 atom stereocenters. The van der Waals surface area contributed by atoms with E-state index in [1.807, 2.05) is 133 Å². The van der Waals surface area contributed by atoms with Gasteiger partial charge >= 0.3 is 18.9 Å². The Balaban J connectivity index is 0.000000124. The third-order valence-electron chi connectivity index (χ3n) is 18.9. The van der Waals surface area contributed by atoms with Crippen molar-refractivity contribution >= 4 is 89.1 Å². The normalized spacial score (nSPS) is 12.1. The molecular formula is C89H69ClLiN13O. The minimum Gasteiger partial charge on any atom is -0.381 e. The molecule has 1 aliphatic carbocycles. The standard InChI is InChI=1S/C40H25N7.C26H17N3.C15H10ClN3.C4H8O.C4H9.Li/c1-4-14-26(15-5-1)37-42-38(27-16-6-2-7-17-27)44-39(43-37)46-32-22-12-10-20-29(32)30-24-35-36(25-34(30)46)45(28-18-8-3-9-19-28)40-41-31-21-11-13-23-33(31)47(35)40;1-2-9-19(10-3-1)28-24-15-18-14-17-8-4-5-11-20(17)21(18)16-25(24)29-23-13-7-6-12-22(23)27-26(28)29;16-15-18-13(11-7-3-1-4-8-11)17-14(19-15)12-9-5-2-6-10-12;1-2-4-5-3-1;1-3-4-2;/h1-25H;1-13,15-16H,14H2;1-10H;1-4H2;1,3-4H2,2H3;/q;;;;-1;+1. The number of unbranched alkanes of at least 4 members (excludes halogenated alkanes) is 1. The summed E-state index contributed by atoms with van der Waals surface area (Å²) in [5, 5.41) is 2.44. The molecule has 504 valence electrons. The Morgan fingerprint density at radius 2 is 0.762 bits per heavy atom. The monoisotopic (exact) mass is 1380 g/mol. The minimum absolute atomic E-state index is 0. The number of fused-ring (bicyclic) bond motifs is 16. The molecular weight excluding hydrogens is 1310 g/mol. The Bertz CT molecular complexity index is 6150. The van der Waals surface area contributed by atoms with Crippen LogP contribution in [0.3, 0.4) is 0 Å². The van der Waals surface area contributed by atoms with Crippen molar-refractivity contribution in [3.05, 3.63) is 327 Å². The van der Waals surface area contributed by atoms with Crippen LogP contribution in [0, 0.1) is 6.92 Å². The van der Waals surface area contributed by atoms with Crippen LogP contribution in [0.25, 0.3) is 151 Å². The Morgan fingerprint density at radius 3 is 1.24 bits per heavy atom. The van der Waals surface area contributed by atoms with E-state index in [9.17, 15) is 0 Å². The van der Waals surface area contributed by atoms with E-state index >= 15 is 0 Å². The van der Waals surface area contributed by atoms with Crippen molar-refractivity contribution in [3.63, 3.8) is 0 Å². The first kappa shape index (κ1) is 67.3. The summed E-state index contributed by atoms with van der Waals surface area (Å²) in [6.45, 7) is 7.72. The van der Waals surface area contributed by atoms with Crippen molar-refractivity contribution in [1.82, 2.24) is 62.4 Å².